The fourth-order valence-corrected chi connectivity index (χ4v) is 4.46. The van der Waals surface area contributed by atoms with Crippen molar-refractivity contribution < 1.29 is 14.3 Å². The van der Waals surface area contributed by atoms with Crippen molar-refractivity contribution in [1.82, 2.24) is 0 Å². The predicted molar refractivity (Wildman–Crippen MR) is 121 cm³/mol. The molecule has 0 atom stereocenters. The summed E-state index contributed by atoms with van der Waals surface area (Å²) in [6.07, 6.45) is 0. The van der Waals surface area contributed by atoms with Crippen LogP contribution >= 0.6 is 22.9 Å². The Hall–Kier alpha value is -3.09. The van der Waals surface area contributed by atoms with Gasteiger partial charge in [-0.2, -0.15) is 0 Å². The first kappa shape index (κ1) is 20.2. The Bertz CT molecular complexity index is 1160. The molecule has 30 heavy (non-hydrogen) atoms. The first-order valence-electron chi connectivity index (χ1n) is 9.25. The van der Waals surface area contributed by atoms with Crippen LogP contribution in [0.25, 0.3) is 5.57 Å². The van der Waals surface area contributed by atoms with Gasteiger partial charge in [-0.05, 0) is 66.8 Å². The van der Waals surface area contributed by atoms with Crippen molar-refractivity contribution in [2.75, 3.05) is 17.3 Å². The van der Waals surface area contributed by atoms with E-state index in [1.165, 1.54) is 23.3 Å². The maximum atomic E-state index is 13.4. The number of ether oxygens (including phenoxy) is 1. The van der Waals surface area contributed by atoms with Crippen molar-refractivity contribution in [3.05, 3.63) is 80.6 Å². The van der Waals surface area contributed by atoms with Crippen molar-refractivity contribution in [3.8, 4) is 5.75 Å². The highest BCUT2D eigenvalue weighted by Crippen LogP contribution is 2.38. The molecule has 0 bridgehead atoms. The number of amides is 2. The SMILES string of the molecule is COc1ccc(Cl)cc1NC1=C(c2cccs2)C(=O)N(c2cc(C)cc(C)c2)C1=O. The minimum absolute atomic E-state index is 0.196. The number of hydrogen-bond acceptors (Lipinski definition) is 5. The summed E-state index contributed by atoms with van der Waals surface area (Å²) in [7, 11) is 1.53. The third-order valence-corrected chi connectivity index (χ3v) is 5.86. The lowest BCUT2D eigenvalue weighted by molar-refractivity contribution is -0.120. The number of carbonyl (C=O) groups is 2. The molecule has 7 heteroatoms. The number of nitrogens with zero attached hydrogens (tertiary/aromatic N) is 1. The number of aryl methyl sites for hydroxylation is 2. The van der Waals surface area contributed by atoms with Crippen LogP contribution < -0.4 is 15.0 Å². The Labute approximate surface area is 183 Å². The summed E-state index contributed by atoms with van der Waals surface area (Å²) < 4.78 is 5.39. The first-order chi connectivity index (χ1) is 14.4. The van der Waals surface area contributed by atoms with Gasteiger partial charge in [-0.25, -0.2) is 4.90 Å². The van der Waals surface area contributed by atoms with Crippen molar-refractivity contribution in [1.29, 1.82) is 0 Å². The second-order valence-corrected chi connectivity index (χ2v) is 8.37. The summed E-state index contributed by atoms with van der Waals surface area (Å²) in [5.41, 5.74) is 3.53. The number of nitrogens with one attached hydrogen (secondary N) is 1. The number of thiophene rings is 1. The minimum atomic E-state index is -0.421. The fraction of sp³-hybridized carbons (Fsp3) is 0.130. The largest absolute Gasteiger partial charge is 0.495 e. The molecule has 0 aliphatic carbocycles. The van der Waals surface area contributed by atoms with E-state index >= 15 is 0 Å². The predicted octanol–water partition coefficient (Wildman–Crippen LogP) is 5.42. The van der Waals surface area contributed by atoms with Gasteiger partial charge in [-0.3, -0.25) is 9.59 Å². The van der Waals surface area contributed by atoms with Crippen LogP contribution in [-0.4, -0.2) is 18.9 Å². The van der Waals surface area contributed by atoms with E-state index in [0.29, 0.717) is 32.6 Å². The van der Waals surface area contributed by atoms with E-state index in [4.69, 9.17) is 16.3 Å². The van der Waals surface area contributed by atoms with E-state index in [2.05, 4.69) is 5.32 Å². The van der Waals surface area contributed by atoms with Crippen LogP contribution in [0.15, 0.2) is 59.6 Å². The third kappa shape index (κ3) is 3.60. The fourth-order valence-electron chi connectivity index (χ4n) is 3.52. The average Bonchev–Trinajstić information content (AvgIpc) is 3.28. The van der Waals surface area contributed by atoms with Crippen LogP contribution in [0.4, 0.5) is 11.4 Å². The van der Waals surface area contributed by atoms with Crippen LogP contribution in [-0.2, 0) is 9.59 Å². The van der Waals surface area contributed by atoms with Gasteiger partial charge in [0.15, 0.2) is 0 Å². The van der Waals surface area contributed by atoms with Crippen molar-refractivity contribution in [3.63, 3.8) is 0 Å². The van der Waals surface area contributed by atoms with Crippen LogP contribution in [0.1, 0.15) is 16.0 Å². The number of rotatable bonds is 5. The maximum absolute atomic E-state index is 13.4. The molecule has 5 nitrogen and oxygen atoms in total. The molecule has 0 fully saturated rings. The molecule has 2 aromatic carbocycles. The van der Waals surface area contributed by atoms with Crippen molar-refractivity contribution >= 4 is 51.7 Å². The topological polar surface area (TPSA) is 58.6 Å². The van der Waals surface area contributed by atoms with E-state index in [1.807, 2.05) is 49.6 Å². The number of imide groups is 1. The van der Waals surface area contributed by atoms with Crippen LogP contribution in [0.2, 0.25) is 5.02 Å². The van der Waals surface area contributed by atoms with Gasteiger partial charge in [-0.1, -0.05) is 23.7 Å². The Morgan fingerprint density at radius 3 is 2.37 bits per heavy atom. The van der Waals surface area contributed by atoms with Gasteiger partial charge in [0.05, 0.1) is 24.1 Å². The summed E-state index contributed by atoms with van der Waals surface area (Å²) in [5.74, 6) is -0.270. The number of benzene rings is 2. The zero-order valence-corrected chi connectivity index (χ0v) is 18.2. The molecular formula is C23H19ClN2O3S. The third-order valence-electron chi connectivity index (χ3n) is 4.74. The van der Waals surface area contributed by atoms with Gasteiger partial charge in [0.1, 0.15) is 11.4 Å². The number of halogens is 1. The summed E-state index contributed by atoms with van der Waals surface area (Å²) in [5, 5.41) is 5.47. The highest BCUT2D eigenvalue weighted by Gasteiger charge is 2.41. The first-order valence-corrected chi connectivity index (χ1v) is 10.5. The molecule has 0 radical (unpaired) electrons. The highest BCUT2D eigenvalue weighted by atomic mass is 35.5. The van der Waals surface area contributed by atoms with Crippen LogP contribution in [0, 0.1) is 13.8 Å². The molecule has 1 N–H and O–H groups in total. The van der Waals surface area contributed by atoms with Gasteiger partial charge >= 0.3 is 0 Å². The van der Waals surface area contributed by atoms with Crippen LogP contribution in [0.5, 0.6) is 5.75 Å². The number of methoxy groups -OCH3 is 1. The second-order valence-electron chi connectivity index (χ2n) is 6.99. The van der Waals surface area contributed by atoms with E-state index in [1.54, 1.807) is 18.2 Å². The quantitative estimate of drug-likeness (QED) is 0.540. The smallest absolute Gasteiger partial charge is 0.282 e. The molecule has 1 aliphatic rings. The van der Waals surface area contributed by atoms with E-state index < -0.39 is 5.91 Å². The summed E-state index contributed by atoms with van der Waals surface area (Å²) in [4.78, 5) is 28.8. The lowest BCUT2D eigenvalue weighted by atomic mass is 10.1. The number of anilines is 2. The van der Waals surface area contributed by atoms with E-state index in [9.17, 15) is 9.59 Å². The van der Waals surface area contributed by atoms with Gasteiger partial charge in [0.2, 0.25) is 0 Å². The molecule has 0 spiro atoms. The molecule has 3 aromatic rings. The molecule has 0 unspecified atom stereocenters. The summed E-state index contributed by atoms with van der Waals surface area (Å²) in [6, 6.07) is 14.4. The molecule has 0 saturated carbocycles. The van der Waals surface area contributed by atoms with Gasteiger partial charge in [0.25, 0.3) is 11.8 Å². The lowest BCUT2D eigenvalue weighted by Gasteiger charge is -2.17. The lowest BCUT2D eigenvalue weighted by Crippen LogP contribution is -2.32. The normalized spacial score (nSPS) is 13.9. The molecule has 1 aromatic heterocycles. The highest BCUT2D eigenvalue weighted by molar-refractivity contribution is 7.11. The summed E-state index contributed by atoms with van der Waals surface area (Å²) in [6.45, 7) is 3.87. The molecule has 152 valence electrons. The average molecular weight is 439 g/mol. The zero-order chi connectivity index (χ0) is 21.4. The van der Waals surface area contributed by atoms with Gasteiger partial charge < -0.3 is 10.1 Å². The molecule has 1 aliphatic heterocycles. The minimum Gasteiger partial charge on any atom is -0.495 e. The molecule has 2 heterocycles. The van der Waals surface area contributed by atoms with E-state index in [-0.39, 0.29) is 11.6 Å². The summed E-state index contributed by atoms with van der Waals surface area (Å²) >= 11 is 7.55. The Morgan fingerprint density at radius 2 is 1.73 bits per heavy atom. The Balaban J connectivity index is 1.84. The van der Waals surface area contributed by atoms with Gasteiger partial charge in [0, 0.05) is 9.90 Å². The number of hydrogen-bond donors (Lipinski definition) is 1. The zero-order valence-electron chi connectivity index (χ0n) is 16.7. The standard InChI is InChI=1S/C23H19ClN2O3S/c1-13-9-14(2)11-16(10-13)26-22(27)20(19-5-4-8-30-19)21(23(26)28)25-17-12-15(24)6-7-18(17)29-3/h4-12,25H,1-3H3. The second kappa shape index (κ2) is 7.97. The Kier molecular flexibility index (Phi) is 5.37. The molecule has 0 saturated heterocycles. The molecular weight excluding hydrogens is 420 g/mol. The monoisotopic (exact) mass is 438 g/mol. The Morgan fingerprint density at radius 1 is 1.00 bits per heavy atom. The van der Waals surface area contributed by atoms with Crippen molar-refractivity contribution in [2.24, 2.45) is 0 Å². The molecule has 2 amide bonds. The van der Waals surface area contributed by atoms with Gasteiger partial charge in [-0.15, -0.1) is 11.3 Å². The number of carbonyl (C=O) groups excluding carboxylic acids is 2. The van der Waals surface area contributed by atoms with Crippen molar-refractivity contribution in [2.45, 2.75) is 13.8 Å². The molecule has 4 rings (SSSR count). The van der Waals surface area contributed by atoms with Crippen LogP contribution in [0.3, 0.4) is 0 Å². The van der Waals surface area contributed by atoms with E-state index in [0.717, 1.165) is 11.1 Å². The maximum Gasteiger partial charge on any atom is 0.282 e.